The minimum atomic E-state index is -1.39. The lowest BCUT2D eigenvalue weighted by Crippen LogP contribution is -2.16. The van der Waals surface area contributed by atoms with Crippen LogP contribution in [0, 0.1) is 46.6 Å². The molecule has 0 N–H and O–H groups in total. The van der Waals surface area contributed by atoms with Gasteiger partial charge in [0.05, 0.1) is 0 Å². The highest BCUT2D eigenvalue weighted by molar-refractivity contribution is 6.84. The van der Waals surface area contributed by atoms with E-state index >= 15 is 0 Å². The molecule has 0 aliphatic rings. The SMILES string of the molecule is C[Si](C)(C)C#Cc1ccc(C#Cc2ccc3ccc4ccc(C#Cc5ccc(C#C[Si](C)(C)C)cc5)cc4c3c2)cc1. The van der Waals surface area contributed by atoms with E-state index in [0.29, 0.717) is 0 Å². The molecular weight excluding hydrogens is 537 g/mol. The molecule has 2 heteroatoms. The van der Waals surface area contributed by atoms with Gasteiger partial charge >= 0.3 is 0 Å². The topological polar surface area (TPSA) is 0 Å². The first-order chi connectivity index (χ1) is 20.0. The van der Waals surface area contributed by atoms with E-state index in [-0.39, 0.29) is 0 Å². The summed E-state index contributed by atoms with van der Waals surface area (Å²) in [5.74, 6) is 20.0. The minimum Gasteiger partial charge on any atom is -0.127 e. The van der Waals surface area contributed by atoms with Crippen LogP contribution in [-0.4, -0.2) is 16.1 Å². The molecule has 0 heterocycles. The Bertz CT molecular complexity index is 1880. The zero-order valence-corrected chi connectivity index (χ0v) is 27.2. The quantitative estimate of drug-likeness (QED) is 0.0989. The minimum absolute atomic E-state index is 0.986. The Hall–Kier alpha value is -4.71. The van der Waals surface area contributed by atoms with Gasteiger partial charge in [0.2, 0.25) is 0 Å². The zero-order valence-electron chi connectivity index (χ0n) is 25.2. The third-order valence-electron chi connectivity index (χ3n) is 6.48. The fraction of sp³-hybridized carbons (Fsp3) is 0.150. The molecule has 0 amide bonds. The molecule has 0 aliphatic carbocycles. The maximum Gasteiger partial charge on any atom is 0.129 e. The summed E-state index contributed by atoms with van der Waals surface area (Å²) in [6.45, 7) is 13.5. The molecule has 5 rings (SSSR count). The first-order valence-corrected chi connectivity index (χ1v) is 21.3. The molecular formula is C40H34Si2. The summed E-state index contributed by atoms with van der Waals surface area (Å²) in [6, 6.07) is 33.7. The highest BCUT2D eigenvalue weighted by Crippen LogP contribution is 2.27. The summed E-state index contributed by atoms with van der Waals surface area (Å²) < 4.78 is 0. The van der Waals surface area contributed by atoms with Gasteiger partial charge in [-0.25, -0.2) is 0 Å². The van der Waals surface area contributed by atoms with Crippen molar-refractivity contribution in [2.45, 2.75) is 39.3 Å². The zero-order chi connectivity index (χ0) is 29.7. The smallest absolute Gasteiger partial charge is 0.127 e. The Morgan fingerprint density at radius 2 is 0.595 bits per heavy atom. The van der Waals surface area contributed by atoms with Gasteiger partial charge in [0, 0.05) is 33.4 Å². The van der Waals surface area contributed by atoms with Gasteiger partial charge in [-0.1, -0.05) is 99.1 Å². The van der Waals surface area contributed by atoms with E-state index in [9.17, 15) is 0 Å². The molecule has 5 aromatic rings. The third-order valence-corrected chi connectivity index (χ3v) is 8.23. The van der Waals surface area contributed by atoms with Gasteiger partial charge in [-0.2, -0.15) is 0 Å². The van der Waals surface area contributed by atoms with Crippen LogP contribution in [0.4, 0.5) is 0 Å². The molecule has 0 radical (unpaired) electrons. The molecule has 0 bridgehead atoms. The van der Waals surface area contributed by atoms with Crippen LogP contribution in [-0.2, 0) is 0 Å². The second kappa shape index (κ2) is 12.0. The highest BCUT2D eigenvalue weighted by Gasteiger charge is 2.08. The highest BCUT2D eigenvalue weighted by atomic mass is 28.3. The normalized spacial score (nSPS) is 10.8. The van der Waals surface area contributed by atoms with Gasteiger partial charge in [-0.05, 0) is 94.3 Å². The summed E-state index contributed by atoms with van der Waals surface area (Å²) >= 11 is 0. The molecule has 42 heavy (non-hydrogen) atoms. The van der Waals surface area contributed by atoms with Crippen LogP contribution in [0.1, 0.15) is 33.4 Å². The van der Waals surface area contributed by atoms with E-state index in [1.165, 1.54) is 21.5 Å². The molecule has 0 unspecified atom stereocenters. The van der Waals surface area contributed by atoms with Gasteiger partial charge in [0.1, 0.15) is 16.1 Å². The number of hydrogen-bond donors (Lipinski definition) is 0. The van der Waals surface area contributed by atoms with E-state index in [1.807, 2.05) is 0 Å². The van der Waals surface area contributed by atoms with Crippen LogP contribution in [0.5, 0.6) is 0 Å². The van der Waals surface area contributed by atoms with E-state index in [1.54, 1.807) is 0 Å². The third kappa shape index (κ3) is 7.94. The van der Waals surface area contributed by atoms with Crippen molar-refractivity contribution in [3.8, 4) is 46.6 Å². The van der Waals surface area contributed by atoms with Gasteiger partial charge < -0.3 is 0 Å². The Morgan fingerprint density at radius 1 is 0.333 bits per heavy atom. The van der Waals surface area contributed by atoms with E-state index < -0.39 is 16.1 Å². The Balaban J connectivity index is 1.41. The van der Waals surface area contributed by atoms with E-state index in [0.717, 1.165) is 33.4 Å². The summed E-state index contributed by atoms with van der Waals surface area (Å²) in [4.78, 5) is 0. The van der Waals surface area contributed by atoms with E-state index in [4.69, 9.17) is 0 Å². The fourth-order valence-corrected chi connectivity index (χ4v) is 5.33. The van der Waals surface area contributed by atoms with Crippen molar-refractivity contribution in [3.05, 3.63) is 130 Å². The van der Waals surface area contributed by atoms with Gasteiger partial charge in [-0.15, -0.1) is 11.1 Å². The number of rotatable bonds is 0. The Labute approximate surface area is 253 Å². The van der Waals surface area contributed by atoms with Crippen LogP contribution in [0.3, 0.4) is 0 Å². The van der Waals surface area contributed by atoms with Gasteiger partial charge in [0.15, 0.2) is 0 Å². The molecule has 5 aromatic carbocycles. The molecule has 0 saturated heterocycles. The first-order valence-electron chi connectivity index (χ1n) is 14.3. The average Bonchev–Trinajstić information content (AvgIpc) is 2.97. The van der Waals surface area contributed by atoms with Crippen molar-refractivity contribution >= 4 is 37.7 Å². The fourth-order valence-electron chi connectivity index (χ4n) is 4.29. The number of fused-ring (bicyclic) bond motifs is 3. The molecule has 0 aliphatic heterocycles. The second-order valence-electron chi connectivity index (χ2n) is 12.6. The van der Waals surface area contributed by atoms with Crippen molar-refractivity contribution < 1.29 is 0 Å². The molecule has 0 fully saturated rings. The maximum absolute atomic E-state index is 3.42. The largest absolute Gasteiger partial charge is 0.129 e. The monoisotopic (exact) mass is 570 g/mol. The van der Waals surface area contributed by atoms with Crippen LogP contribution in [0.2, 0.25) is 39.3 Å². The predicted molar refractivity (Wildman–Crippen MR) is 187 cm³/mol. The molecule has 0 spiro atoms. The average molecular weight is 571 g/mol. The van der Waals surface area contributed by atoms with Crippen molar-refractivity contribution in [2.24, 2.45) is 0 Å². The van der Waals surface area contributed by atoms with Crippen LogP contribution < -0.4 is 0 Å². The van der Waals surface area contributed by atoms with Crippen molar-refractivity contribution in [2.75, 3.05) is 0 Å². The van der Waals surface area contributed by atoms with Gasteiger partial charge in [0.25, 0.3) is 0 Å². The molecule has 202 valence electrons. The van der Waals surface area contributed by atoms with Crippen LogP contribution in [0.25, 0.3) is 21.5 Å². The lowest BCUT2D eigenvalue weighted by Gasteiger charge is -2.05. The standard InChI is InChI=1S/C40H34Si2/c1-41(2,3)27-25-33-11-7-31(8-12-33)15-17-35-19-21-37-23-24-38-22-20-36(30-40(38)39(37)29-35)18-16-32-9-13-34(14-10-32)26-28-42(4,5)6/h7-14,19-24,29-30H,1-6H3. The Morgan fingerprint density at radius 3 is 0.929 bits per heavy atom. The van der Waals surface area contributed by atoms with E-state index in [2.05, 4.69) is 183 Å². The number of benzene rings is 5. The maximum atomic E-state index is 3.42. The predicted octanol–water partition coefficient (Wildman–Crippen LogP) is 9.25. The van der Waals surface area contributed by atoms with Crippen LogP contribution >= 0.6 is 0 Å². The lowest BCUT2D eigenvalue weighted by atomic mass is 9.98. The molecule has 0 aromatic heterocycles. The lowest BCUT2D eigenvalue weighted by molar-refractivity contribution is 1.60. The van der Waals surface area contributed by atoms with Crippen molar-refractivity contribution in [3.63, 3.8) is 0 Å². The van der Waals surface area contributed by atoms with Crippen molar-refractivity contribution in [1.29, 1.82) is 0 Å². The van der Waals surface area contributed by atoms with Crippen molar-refractivity contribution in [1.82, 2.24) is 0 Å². The molecule has 0 saturated carbocycles. The summed E-state index contributed by atoms with van der Waals surface area (Å²) in [5, 5.41) is 4.76. The Kier molecular flexibility index (Phi) is 8.25. The molecule has 0 nitrogen and oxygen atoms in total. The number of hydrogen-bond acceptors (Lipinski definition) is 0. The summed E-state index contributed by atoms with van der Waals surface area (Å²) in [7, 11) is -2.78. The second-order valence-corrected chi connectivity index (χ2v) is 22.1. The summed E-state index contributed by atoms with van der Waals surface area (Å²) in [6.07, 6.45) is 0. The molecule has 0 atom stereocenters. The van der Waals surface area contributed by atoms with Gasteiger partial charge in [-0.3, -0.25) is 0 Å². The first kappa shape index (κ1) is 28.8. The van der Waals surface area contributed by atoms with Crippen LogP contribution in [0.15, 0.2) is 97.1 Å². The summed E-state index contributed by atoms with van der Waals surface area (Å²) in [5.41, 5.74) is 12.9.